The first-order valence-electron chi connectivity index (χ1n) is 10.7. The molecule has 1 aromatic heterocycles. The van der Waals surface area contributed by atoms with Crippen LogP contribution in [0, 0.1) is 0 Å². The lowest BCUT2D eigenvalue weighted by molar-refractivity contribution is 0.185. The molecule has 0 amide bonds. The highest BCUT2D eigenvalue weighted by Gasteiger charge is 2.25. The minimum absolute atomic E-state index is 0.0131. The predicted octanol–water partition coefficient (Wildman–Crippen LogP) is 2.62. The van der Waals surface area contributed by atoms with E-state index >= 15 is 0 Å². The average Bonchev–Trinajstić information content (AvgIpc) is 3.22. The van der Waals surface area contributed by atoms with E-state index < -0.39 is 6.10 Å². The number of aromatic nitrogens is 2. The van der Waals surface area contributed by atoms with E-state index in [4.69, 9.17) is 4.74 Å². The molecule has 31 heavy (non-hydrogen) atoms. The Balaban J connectivity index is 1.45. The minimum Gasteiger partial charge on any atom is -0.486 e. The Kier molecular flexibility index (Phi) is 7.09. The number of benzene rings is 2. The fraction of sp³-hybridized carbons (Fsp3) is 0.333. The fourth-order valence-electron chi connectivity index (χ4n) is 3.67. The van der Waals surface area contributed by atoms with Crippen LogP contribution in [0.4, 0.5) is 5.95 Å². The van der Waals surface area contributed by atoms with Gasteiger partial charge in [0.25, 0.3) is 0 Å². The van der Waals surface area contributed by atoms with E-state index in [1.807, 2.05) is 55.6 Å². The zero-order chi connectivity index (χ0) is 21.5. The van der Waals surface area contributed by atoms with Gasteiger partial charge in [0.05, 0.1) is 17.8 Å². The molecule has 3 atom stereocenters. The Morgan fingerprint density at radius 2 is 1.90 bits per heavy atom. The third kappa shape index (κ3) is 5.58. The second kappa shape index (κ2) is 10.3. The smallest absolute Gasteiger partial charge is 0.223 e. The summed E-state index contributed by atoms with van der Waals surface area (Å²) in [6, 6.07) is 20.0. The topological polar surface area (TPSA) is 91.3 Å². The zero-order valence-corrected chi connectivity index (χ0v) is 17.7. The summed E-state index contributed by atoms with van der Waals surface area (Å²) >= 11 is 0. The highest BCUT2D eigenvalue weighted by atomic mass is 16.5. The van der Waals surface area contributed by atoms with E-state index in [0.29, 0.717) is 19.0 Å². The highest BCUT2D eigenvalue weighted by molar-refractivity contribution is 5.61. The quantitative estimate of drug-likeness (QED) is 0.424. The summed E-state index contributed by atoms with van der Waals surface area (Å²) in [6.45, 7) is 2.15. The van der Waals surface area contributed by atoms with Gasteiger partial charge in [-0.3, -0.25) is 0 Å². The molecule has 0 radical (unpaired) electrons. The van der Waals surface area contributed by atoms with E-state index in [9.17, 15) is 5.11 Å². The van der Waals surface area contributed by atoms with Gasteiger partial charge in [-0.15, -0.1) is 0 Å². The third-order valence-electron chi connectivity index (χ3n) is 5.41. The van der Waals surface area contributed by atoms with Gasteiger partial charge in [-0.25, -0.2) is 9.97 Å². The van der Waals surface area contributed by atoms with Crippen molar-refractivity contribution in [3.63, 3.8) is 0 Å². The summed E-state index contributed by atoms with van der Waals surface area (Å²) in [6.07, 6.45) is 2.16. The molecular weight excluding hydrogens is 390 g/mol. The molecule has 0 aliphatic carbocycles. The molecule has 7 nitrogen and oxygen atoms in total. The first kappa shape index (κ1) is 21.2. The molecule has 2 aromatic carbocycles. The Morgan fingerprint density at radius 3 is 2.61 bits per heavy atom. The molecular formula is C24H29N5O2. The first-order valence-corrected chi connectivity index (χ1v) is 10.7. The van der Waals surface area contributed by atoms with Gasteiger partial charge in [0.1, 0.15) is 11.9 Å². The maximum absolute atomic E-state index is 9.98. The predicted molar refractivity (Wildman–Crippen MR) is 122 cm³/mol. The molecule has 0 unspecified atom stereocenters. The first-order chi connectivity index (χ1) is 15.2. The number of nitrogens with one attached hydrogen (secondary N) is 3. The molecule has 162 valence electrons. The lowest BCUT2D eigenvalue weighted by Gasteiger charge is -2.20. The van der Waals surface area contributed by atoms with Crippen LogP contribution < -0.4 is 20.7 Å². The van der Waals surface area contributed by atoms with Gasteiger partial charge in [0, 0.05) is 31.3 Å². The molecule has 1 aliphatic heterocycles. The number of aliphatic hydroxyl groups is 1. The highest BCUT2D eigenvalue weighted by Crippen LogP contribution is 2.27. The normalized spacial score (nSPS) is 19.2. The number of rotatable bonds is 9. The van der Waals surface area contributed by atoms with E-state index in [1.54, 1.807) is 6.20 Å². The minimum atomic E-state index is -0.441. The number of aliphatic hydroxyl groups excluding tert-OH is 1. The average molecular weight is 420 g/mol. The van der Waals surface area contributed by atoms with Gasteiger partial charge < -0.3 is 25.8 Å². The van der Waals surface area contributed by atoms with Gasteiger partial charge in [-0.2, -0.15) is 0 Å². The number of hydrogen-bond donors (Lipinski definition) is 4. The summed E-state index contributed by atoms with van der Waals surface area (Å²) < 4.78 is 6.30. The molecule has 2 heterocycles. The number of ether oxygens (including phenoxy) is 1. The Morgan fingerprint density at radius 1 is 1.10 bits per heavy atom. The summed E-state index contributed by atoms with van der Waals surface area (Å²) in [5.74, 6) is 1.34. The monoisotopic (exact) mass is 419 g/mol. The van der Waals surface area contributed by atoms with Gasteiger partial charge in [-0.1, -0.05) is 30.3 Å². The van der Waals surface area contributed by atoms with Gasteiger partial charge in [0.2, 0.25) is 5.95 Å². The van der Waals surface area contributed by atoms with Crippen molar-refractivity contribution in [2.75, 3.05) is 32.0 Å². The van der Waals surface area contributed by atoms with E-state index in [2.05, 4.69) is 38.1 Å². The Hall–Kier alpha value is -3.00. The maximum Gasteiger partial charge on any atom is 0.223 e. The summed E-state index contributed by atoms with van der Waals surface area (Å²) in [5.41, 5.74) is 2.96. The third-order valence-corrected chi connectivity index (χ3v) is 5.41. The SMILES string of the molecule is CNCC[C@@H](Oc1ccc(-c2ccnc(N[C@@H]3CNC[C@H]3O)n2)cc1)c1ccccc1. The molecule has 0 saturated carbocycles. The van der Waals surface area contributed by atoms with Crippen molar-refractivity contribution in [2.24, 2.45) is 0 Å². The van der Waals surface area contributed by atoms with Crippen LogP contribution in [-0.2, 0) is 0 Å². The molecule has 4 N–H and O–H groups in total. The lowest BCUT2D eigenvalue weighted by Crippen LogP contribution is -2.32. The van der Waals surface area contributed by atoms with Crippen LogP contribution in [0.3, 0.4) is 0 Å². The molecule has 0 spiro atoms. The summed E-state index contributed by atoms with van der Waals surface area (Å²) in [4.78, 5) is 8.90. The van der Waals surface area contributed by atoms with Crippen molar-refractivity contribution < 1.29 is 9.84 Å². The van der Waals surface area contributed by atoms with E-state index in [0.717, 1.165) is 35.5 Å². The number of anilines is 1. The molecule has 7 heteroatoms. The van der Waals surface area contributed by atoms with Crippen LogP contribution in [-0.4, -0.2) is 53.9 Å². The van der Waals surface area contributed by atoms with Crippen LogP contribution in [0.1, 0.15) is 18.1 Å². The van der Waals surface area contributed by atoms with Crippen LogP contribution in [0.5, 0.6) is 5.75 Å². The second-order valence-electron chi connectivity index (χ2n) is 7.68. The van der Waals surface area contributed by atoms with Crippen LogP contribution in [0.2, 0.25) is 0 Å². The fourth-order valence-corrected chi connectivity index (χ4v) is 3.67. The van der Waals surface area contributed by atoms with Crippen molar-refractivity contribution in [1.29, 1.82) is 0 Å². The van der Waals surface area contributed by atoms with Crippen LogP contribution >= 0.6 is 0 Å². The molecule has 1 saturated heterocycles. The summed E-state index contributed by atoms with van der Waals surface area (Å²) in [7, 11) is 1.95. The van der Waals surface area contributed by atoms with Gasteiger partial charge in [0.15, 0.2) is 0 Å². The molecule has 3 aromatic rings. The molecule has 4 rings (SSSR count). The van der Waals surface area contributed by atoms with Crippen LogP contribution in [0.25, 0.3) is 11.3 Å². The van der Waals surface area contributed by atoms with Crippen molar-refractivity contribution >= 4 is 5.95 Å². The maximum atomic E-state index is 9.98. The molecule has 0 bridgehead atoms. The second-order valence-corrected chi connectivity index (χ2v) is 7.68. The Labute approximate surface area is 182 Å². The van der Waals surface area contributed by atoms with Crippen molar-refractivity contribution in [1.82, 2.24) is 20.6 Å². The number of hydrogen-bond acceptors (Lipinski definition) is 7. The molecule has 1 aliphatic rings. The van der Waals surface area contributed by atoms with E-state index in [1.165, 1.54) is 0 Å². The van der Waals surface area contributed by atoms with Crippen LogP contribution in [0.15, 0.2) is 66.9 Å². The Bertz CT molecular complexity index is 952. The number of β-amino-alcohol motifs (C(OH)–C–C–N with tert-alkyl or cyclic N) is 1. The van der Waals surface area contributed by atoms with Crippen molar-refractivity contribution in [3.05, 3.63) is 72.4 Å². The van der Waals surface area contributed by atoms with Crippen molar-refractivity contribution in [2.45, 2.75) is 24.7 Å². The van der Waals surface area contributed by atoms with Gasteiger partial charge >= 0.3 is 0 Å². The number of nitrogens with zero attached hydrogens (tertiary/aromatic N) is 2. The largest absolute Gasteiger partial charge is 0.486 e. The van der Waals surface area contributed by atoms with E-state index in [-0.39, 0.29) is 12.1 Å². The molecule has 1 fully saturated rings. The van der Waals surface area contributed by atoms with Crippen molar-refractivity contribution in [3.8, 4) is 17.0 Å². The summed E-state index contributed by atoms with van der Waals surface area (Å²) in [5, 5.41) is 19.5. The lowest BCUT2D eigenvalue weighted by atomic mass is 10.1. The van der Waals surface area contributed by atoms with Gasteiger partial charge in [-0.05, 0) is 49.5 Å². The standard InChI is InChI=1S/C24H29N5O2/c1-25-13-12-23(18-5-3-2-4-6-18)31-19-9-7-17(8-10-19)20-11-14-27-24(28-20)29-21-15-26-16-22(21)30/h2-11,14,21-23,25-26,30H,12-13,15-16H2,1H3,(H,27,28,29)/t21-,22-,23-/m1/s1. The zero-order valence-electron chi connectivity index (χ0n) is 17.7.